The summed E-state index contributed by atoms with van der Waals surface area (Å²) in [6, 6.07) is 0. The molecule has 0 spiro atoms. The molecule has 1 rings (SSSR count). The van der Waals surface area contributed by atoms with Crippen LogP contribution in [0.2, 0.25) is 0 Å². The Morgan fingerprint density at radius 2 is 2.46 bits per heavy atom. The van der Waals surface area contributed by atoms with E-state index >= 15 is 0 Å². The molecule has 0 aliphatic carbocycles. The van der Waals surface area contributed by atoms with Gasteiger partial charge in [0.05, 0.1) is 6.54 Å². The molecule has 0 radical (unpaired) electrons. The van der Waals surface area contributed by atoms with Crippen molar-refractivity contribution in [1.82, 2.24) is 9.55 Å². The lowest BCUT2D eigenvalue weighted by molar-refractivity contribution is -0.392. The number of aldehydes is 1. The van der Waals surface area contributed by atoms with E-state index in [1.54, 1.807) is 0 Å². The summed E-state index contributed by atoms with van der Waals surface area (Å²) >= 11 is 0. The number of carbonyl (C=O) groups is 1. The van der Waals surface area contributed by atoms with E-state index in [2.05, 4.69) is 4.98 Å². The van der Waals surface area contributed by atoms with Gasteiger partial charge in [0, 0.05) is 6.42 Å². The lowest BCUT2D eigenvalue weighted by atomic mass is 10.3. The zero-order chi connectivity index (χ0) is 9.68. The third-order valence-corrected chi connectivity index (χ3v) is 1.60. The van der Waals surface area contributed by atoms with Crippen molar-refractivity contribution in [1.29, 1.82) is 0 Å². The fourth-order valence-electron chi connectivity index (χ4n) is 0.983. The predicted molar refractivity (Wildman–Crippen MR) is 44.2 cm³/mol. The molecule has 70 valence electrons. The van der Waals surface area contributed by atoms with Crippen molar-refractivity contribution in [3.8, 4) is 0 Å². The Labute approximate surface area is 74.3 Å². The number of aryl methyl sites for hydroxylation is 1. The van der Waals surface area contributed by atoms with Crippen LogP contribution in [0.4, 0.5) is 5.82 Å². The first-order chi connectivity index (χ1) is 6.25. The van der Waals surface area contributed by atoms with Crippen molar-refractivity contribution in [2.45, 2.75) is 19.4 Å². The summed E-state index contributed by atoms with van der Waals surface area (Å²) in [5, 5.41) is 10.4. The van der Waals surface area contributed by atoms with Gasteiger partial charge in [0.15, 0.2) is 6.33 Å². The molecule has 0 saturated carbocycles. The van der Waals surface area contributed by atoms with Gasteiger partial charge >= 0.3 is 5.82 Å². The van der Waals surface area contributed by atoms with Gasteiger partial charge < -0.3 is 14.9 Å². The lowest BCUT2D eigenvalue weighted by Crippen LogP contribution is -2.01. The maximum atomic E-state index is 10.4. The molecule has 1 aromatic heterocycles. The number of nitro groups is 1. The van der Waals surface area contributed by atoms with Crippen LogP contribution in [0.25, 0.3) is 0 Å². The molecular formula is C7H9N3O3. The maximum absolute atomic E-state index is 10.4. The molecule has 0 aliphatic heterocycles. The zero-order valence-corrected chi connectivity index (χ0v) is 6.92. The normalized spacial score (nSPS) is 9.85. The second-order valence-corrected chi connectivity index (χ2v) is 2.51. The first-order valence-corrected chi connectivity index (χ1v) is 3.84. The largest absolute Gasteiger partial charge is 0.358 e. The molecule has 0 N–H and O–H groups in total. The predicted octanol–water partition coefficient (Wildman–Crippen LogP) is 0.770. The van der Waals surface area contributed by atoms with Crippen molar-refractivity contribution in [3.05, 3.63) is 22.6 Å². The maximum Gasteiger partial charge on any atom is 0.342 e. The molecule has 13 heavy (non-hydrogen) atoms. The molecule has 0 unspecified atom stereocenters. The SMILES string of the molecule is O=CCCCn1cncc1[N+](=O)[O-]. The van der Waals surface area contributed by atoms with Gasteiger partial charge in [-0.25, -0.2) is 9.55 Å². The number of unbranched alkanes of at least 4 members (excludes halogenated alkanes) is 1. The van der Waals surface area contributed by atoms with Crippen molar-refractivity contribution >= 4 is 12.1 Å². The smallest absolute Gasteiger partial charge is 0.342 e. The van der Waals surface area contributed by atoms with Crippen LogP contribution in [0.3, 0.4) is 0 Å². The zero-order valence-electron chi connectivity index (χ0n) is 6.92. The van der Waals surface area contributed by atoms with Crippen LogP contribution in [0.15, 0.2) is 12.5 Å². The Morgan fingerprint density at radius 3 is 3.08 bits per heavy atom. The molecule has 6 heteroatoms. The van der Waals surface area contributed by atoms with E-state index in [9.17, 15) is 14.9 Å². The molecule has 0 aromatic carbocycles. The van der Waals surface area contributed by atoms with Crippen LogP contribution < -0.4 is 0 Å². The van der Waals surface area contributed by atoms with Crippen LogP contribution in [0.1, 0.15) is 12.8 Å². The molecule has 0 bridgehead atoms. The van der Waals surface area contributed by atoms with Crippen LogP contribution in [0.5, 0.6) is 0 Å². The molecule has 1 aromatic rings. The highest BCUT2D eigenvalue weighted by Gasteiger charge is 2.11. The third-order valence-electron chi connectivity index (χ3n) is 1.60. The Balaban J connectivity index is 2.60. The van der Waals surface area contributed by atoms with Crippen LogP contribution >= 0.6 is 0 Å². The minimum Gasteiger partial charge on any atom is -0.358 e. The second kappa shape index (κ2) is 4.34. The van der Waals surface area contributed by atoms with Gasteiger partial charge in [0.25, 0.3) is 0 Å². The van der Waals surface area contributed by atoms with E-state index < -0.39 is 4.92 Å². The van der Waals surface area contributed by atoms with Gasteiger partial charge in [0.1, 0.15) is 12.5 Å². The lowest BCUT2D eigenvalue weighted by Gasteiger charge is -1.97. The highest BCUT2D eigenvalue weighted by Crippen LogP contribution is 2.10. The van der Waals surface area contributed by atoms with Gasteiger partial charge in [-0.3, -0.25) is 0 Å². The van der Waals surface area contributed by atoms with Gasteiger partial charge in [-0.05, 0) is 11.3 Å². The van der Waals surface area contributed by atoms with E-state index in [-0.39, 0.29) is 5.82 Å². The number of imidazole rings is 1. The molecule has 0 aliphatic rings. The molecule has 1 heterocycles. The number of nitrogens with zero attached hydrogens (tertiary/aromatic N) is 3. The number of carbonyl (C=O) groups excluding carboxylic acids is 1. The summed E-state index contributed by atoms with van der Waals surface area (Å²) in [5.74, 6) is -0.0362. The summed E-state index contributed by atoms with van der Waals surface area (Å²) < 4.78 is 1.42. The number of hydrogen-bond acceptors (Lipinski definition) is 4. The molecule has 0 fully saturated rings. The molecular weight excluding hydrogens is 174 g/mol. The Hall–Kier alpha value is -1.72. The molecule has 0 saturated heterocycles. The van der Waals surface area contributed by atoms with Crippen molar-refractivity contribution in [2.75, 3.05) is 0 Å². The Bertz CT molecular complexity index is 308. The summed E-state index contributed by atoms with van der Waals surface area (Å²) in [7, 11) is 0. The van der Waals surface area contributed by atoms with Crippen LogP contribution in [-0.4, -0.2) is 20.8 Å². The topological polar surface area (TPSA) is 78.0 Å². The van der Waals surface area contributed by atoms with E-state index in [4.69, 9.17) is 0 Å². The van der Waals surface area contributed by atoms with Crippen LogP contribution in [0, 0.1) is 10.1 Å². The Morgan fingerprint density at radius 1 is 1.69 bits per heavy atom. The minimum absolute atomic E-state index is 0.0362. The first kappa shape index (κ1) is 9.37. The quantitative estimate of drug-likeness (QED) is 0.292. The van der Waals surface area contributed by atoms with Crippen molar-refractivity contribution < 1.29 is 9.72 Å². The summed E-state index contributed by atoms with van der Waals surface area (Å²) in [6.07, 6.45) is 4.39. The minimum atomic E-state index is -0.492. The van der Waals surface area contributed by atoms with Gasteiger partial charge in [-0.15, -0.1) is 0 Å². The van der Waals surface area contributed by atoms with Crippen LogP contribution in [-0.2, 0) is 11.3 Å². The monoisotopic (exact) mass is 183 g/mol. The molecule has 6 nitrogen and oxygen atoms in total. The fourth-order valence-corrected chi connectivity index (χ4v) is 0.983. The number of hydrogen-bond donors (Lipinski definition) is 0. The van der Waals surface area contributed by atoms with Gasteiger partial charge in [-0.1, -0.05) is 0 Å². The highest BCUT2D eigenvalue weighted by atomic mass is 16.6. The molecule has 0 atom stereocenters. The van der Waals surface area contributed by atoms with Crippen molar-refractivity contribution in [2.24, 2.45) is 0 Å². The van der Waals surface area contributed by atoms with E-state index in [0.717, 1.165) is 6.29 Å². The fraction of sp³-hybridized carbons (Fsp3) is 0.429. The van der Waals surface area contributed by atoms with E-state index in [1.165, 1.54) is 17.1 Å². The van der Waals surface area contributed by atoms with Gasteiger partial charge in [0.2, 0.25) is 0 Å². The Kier molecular flexibility index (Phi) is 3.13. The van der Waals surface area contributed by atoms with E-state index in [1.807, 2.05) is 0 Å². The van der Waals surface area contributed by atoms with E-state index in [0.29, 0.717) is 19.4 Å². The number of aromatic nitrogens is 2. The van der Waals surface area contributed by atoms with Gasteiger partial charge in [-0.2, -0.15) is 0 Å². The standard InChI is InChI=1S/C7H9N3O3/c11-4-2-1-3-9-6-8-5-7(9)10(12)13/h4-6H,1-3H2. The summed E-state index contributed by atoms with van der Waals surface area (Å²) in [4.78, 5) is 23.5. The average Bonchev–Trinajstić information content (AvgIpc) is 2.53. The average molecular weight is 183 g/mol. The van der Waals surface area contributed by atoms with Crippen molar-refractivity contribution in [3.63, 3.8) is 0 Å². The number of rotatable bonds is 5. The second-order valence-electron chi connectivity index (χ2n) is 2.51. The summed E-state index contributed by atoms with van der Waals surface area (Å²) in [5.41, 5.74) is 0. The third kappa shape index (κ3) is 2.36. The highest BCUT2D eigenvalue weighted by molar-refractivity contribution is 5.48. The molecule has 0 amide bonds. The summed E-state index contributed by atoms with van der Waals surface area (Å²) in [6.45, 7) is 0.453. The first-order valence-electron chi connectivity index (χ1n) is 3.84.